The van der Waals surface area contributed by atoms with Gasteiger partial charge in [-0.05, 0) is 54.8 Å². The fourth-order valence-corrected chi connectivity index (χ4v) is 4.61. The molecule has 4 rings (SSSR count). The molecule has 34 heavy (non-hydrogen) atoms. The molecule has 0 saturated carbocycles. The zero-order chi connectivity index (χ0) is 23.9. The Labute approximate surface area is 205 Å². The van der Waals surface area contributed by atoms with E-state index < -0.39 is 0 Å². The number of imidazole rings is 1. The maximum atomic E-state index is 12.4. The van der Waals surface area contributed by atoms with Gasteiger partial charge in [0.15, 0.2) is 10.9 Å². The third-order valence-electron chi connectivity index (χ3n) is 4.90. The van der Waals surface area contributed by atoms with Gasteiger partial charge in [-0.15, -0.1) is 11.3 Å². The number of aromatic nitrogens is 2. The Morgan fingerprint density at radius 3 is 2.59 bits per heavy atom. The van der Waals surface area contributed by atoms with Crippen LogP contribution in [0.4, 0.5) is 5.69 Å². The summed E-state index contributed by atoms with van der Waals surface area (Å²) >= 11 is 2.90. The monoisotopic (exact) mass is 490 g/mol. The van der Waals surface area contributed by atoms with Gasteiger partial charge in [-0.3, -0.25) is 19.0 Å². The number of ketones is 1. The summed E-state index contributed by atoms with van der Waals surface area (Å²) in [6.45, 7) is 1.99. The van der Waals surface area contributed by atoms with Gasteiger partial charge in [0.25, 0.3) is 5.91 Å². The lowest BCUT2D eigenvalue weighted by Gasteiger charge is -2.10. The standard InChI is InChI=1S/C25H22N4O3S2/c1-17(30)19-4-2-5-20(14-19)28-23(31)16-34-25-26-11-12-29(25)21-9-7-18(8-10-21)24(32)27-15-22-6-3-13-33-22/h2-14H,15-16H2,1H3,(H,27,32)(H,28,31). The normalized spacial score (nSPS) is 10.6. The number of rotatable bonds is 9. The highest BCUT2D eigenvalue weighted by molar-refractivity contribution is 7.99. The largest absolute Gasteiger partial charge is 0.347 e. The van der Waals surface area contributed by atoms with Crippen molar-refractivity contribution in [3.05, 3.63) is 94.4 Å². The van der Waals surface area contributed by atoms with Gasteiger partial charge >= 0.3 is 0 Å². The fraction of sp³-hybridized carbons (Fsp3) is 0.120. The third-order valence-corrected chi connectivity index (χ3v) is 6.75. The maximum absolute atomic E-state index is 12.4. The first-order chi connectivity index (χ1) is 16.5. The predicted molar refractivity (Wildman–Crippen MR) is 135 cm³/mol. The first-order valence-corrected chi connectivity index (χ1v) is 12.3. The van der Waals surface area contributed by atoms with E-state index in [1.165, 1.54) is 18.7 Å². The number of amides is 2. The molecule has 0 spiro atoms. The molecule has 4 aromatic rings. The van der Waals surface area contributed by atoms with Crippen LogP contribution in [0, 0.1) is 0 Å². The van der Waals surface area contributed by atoms with Crippen molar-refractivity contribution in [3.63, 3.8) is 0 Å². The molecule has 0 aliphatic rings. The van der Waals surface area contributed by atoms with Crippen LogP contribution in [-0.4, -0.2) is 32.9 Å². The Bertz CT molecular complexity index is 1300. The molecule has 0 unspecified atom stereocenters. The summed E-state index contributed by atoms with van der Waals surface area (Å²) in [6, 6.07) is 18.0. The number of Topliss-reactive ketones (excluding diaryl/α,β-unsaturated/α-hetero) is 1. The van der Waals surface area contributed by atoms with Gasteiger partial charge in [-0.25, -0.2) is 4.98 Å². The maximum Gasteiger partial charge on any atom is 0.251 e. The molecule has 0 aliphatic heterocycles. The SMILES string of the molecule is CC(=O)c1cccc(NC(=O)CSc2nccn2-c2ccc(C(=O)NCc3cccs3)cc2)c1. The van der Waals surface area contributed by atoms with Crippen LogP contribution < -0.4 is 10.6 Å². The number of nitrogens with zero attached hydrogens (tertiary/aromatic N) is 2. The molecule has 2 N–H and O–H groups in total. The second-order valence-corrected chi connectivity index (χ2v) is 9.34. The van der Waals surface area contributed by atoms with Crippen molar-refractivity contribution in [3.8, 4) is 5.69 Å². The number of benzene rings is 2. The molecule has 2 amide bonds. The van der Waals surface area contributed by atoms with Crippen molar-refractivity contribution in [1.82, 2.24) is 14.9 Å². The van der Waals surface area contributed by atoms with Gasteiger partial charge in [0.2, 0.25) is 5.91 Å². The van der Waals surface area contributed by atoms with Crippen LogP contribution >= 0.6 is 23.1 Å². The summed E-state index contributed by atoms with van der Waals surface area (Å²) in [7, 11) is 0. The molecule has 2 aromatic heterocycles. The molecule has 9 heteroatoms. The smallest absolute Gasteiger partial charge is 0.251 e. The van der Waals surface area contributed by atoms with Gasteiger partial charge in [0.05, 0.1) is 12.3 Å². The second kappa shape index (κ2) is 11.0. The van der Waals surface area contributed by atoms with Gasteiger partial charge in [0, 0.05) is 39.8 Å². The molecule has 2 heterocycles. The number of anilines is 1. The zero-order valence-electron chi connectivity index (χ0n) is 18.4. The number of thioether (sulfide) groups is 1. The van der Waals surface area contributed by atoms with E-state index in [0.717, 1.165) is 10.6 Å². The molecule has 172 valence electrons. The average Bonchev–Trinajstić information content (AvgIpc) is 3.53. The first-order valence-electron chi connectivity index (χ1n) is 10.5. The minimum absolute atomic E-state index is 0.0569. The molecular formula is C25H22N4O3S2. The van der Waals surface area contributed by atoms with E-state index in [-0.39, 0.29) is 23.4 Å². The number of hydrogen-bond acceptors (Lipinski definition) is 6. The summed E-state index contributed by atoms with van der Waals surface area (Å²) in [5.74, 6) is -0.230. The highest BCUT2D eigenvalue weighted by Gasteiger charge is 2.11. The van der Waals surface area contributed by atoms with E-state index in [0.29, 0.717) is 28.5 Å². The summed E-state index contributed by atoms with van der Waals surface area (Å²) in [4.78, 5) is 41.8. The highest BCUT2D eigenvalue weighted by Crippen LogP contribution is 2.21. The Morgan fingerprint density at radius 1 is 1.03 bits per heavy atom. The lowest BCUT2D eigenvalue weighted by Crippen LogP contribution is -2.22. The van der Waals surface area contributed by atoms with E-state index in [2.05, 4.69) is 15.6 Å². The first kappa shape index (κ1) is 23.5. The van der Waals surface area contributed by atoms with Gasteiger partial charge in [-0.1, -0.05) is 30.0 Å². The van der Waals surface area contributed by atoms with E-state index in [1.54, 1.807) is 53.9 Å². The molecule has 7 nitrogen and oxygen atoms in total. The number of thiophene rings is 1. The minimum atomic E-state index is -0.196. The number of carbonyl (C=O) groups excluding carboxylic acids is 3. The van der Waals surface area contributed by atoms with Crippen molar-refractivity contribution in [2.75, 3.05) is 11.1 Å². The lowest BCUT2D eigenvalue weighted by atomic mass is 10.1. The van der Waals surface area contributed by atoms with Crippen LogP contribution in [-0.2, 0) is 11.3 Å². The van der Waals surface area contributed by atoms with Gasteiger partial charge < -0.3 is 10.6 Å². The van der Waals surface area contributed by atoms with E-state index in [1.807, 2.05) is 40.4 Å². The molecule has 0 atom stereocenters. The third kappa shape index (κ3) is 6.00. The molecule has 0 fully saturated rings. The minimum Gasteiger partial charge on any atom is -0.347 e. The molecular weight excluding hydrogens is 468 g/mol. The molecule has 0 bridgehead atoms. The second-order valence-electron chi connectivity index (χ2n) is 7.36. The lowest BCUT2D eigenvalue weighted by molar-refractivity contribution is -0.113. The molecule has 2 aromatic carbocycles. The average molecular weight is 491 g/mol. The summed E-state index contributed by atoms with van der Waals surface area (Å²) in [6.07, 6.45) is 3.47. The Balaban J connectivity index is 1.35. The Morgan fingerprint density at radius 2 is 1.85 bits per heavy atom. The van der Waals surface area contributed by atoms with Crippen molar-refractivity contribution >= 4 is 46.4 Å². The van der Waals surface area contributed by atoms with Crippen molar-refractivity contribution in [1.29, 1.82) is 0 Å². The van der Waals surface area contributed by atoms with Crippen LogP contribution in [0.5, 0.6) is 0 Å². The van der Waals surface area contributed by atoms with Gasteiger partial charge in [-0.2, -0.15) is 0 Å². The zero-order valence-corrected chi connectivity index (χ0v) is 20.0. The number of nitrogens with one attached hydrogen (secondary N) is 2. The summed E-state index contributed by atoms with van der Waals surface area (Å²) in [5, 5.41) is 8.36. The quantitative estimate of drug-likeness (QED) is 0.260. The van der Waals surface area contributed by atoms with Crippen molar-refractivity contribution in [2.24, 2.45) is 0 Å². The summed E-state index contributed by atoms with van der Waals surface area (Å²) in [5.41, 5.74) is 2.53. The van der Waals surface area contributed by atoms with Crippen LogP contribution in [0.15, 0.2) is 83.6 Å². The van der Waals surface area contributed by atoms with Crippen molar-refractivity contribution < 1.29 is 14.4 Å². The Kier molecular flexibility index (Phi) is 7.56. The number of carbonyl (C=O) groups is 3. The van der Waals surface area contributed by atoms with Gasteiger partial charge in [0.1, 0.15) is 0 Å². The highest BCUT2D eigenvalue weighted by atomic mass is 32.2. The summed E-state index contributed by atoms with van der Waals surface area (Å²) < 4.78 is 1.86. The van der Waals surface area contributed by atoms with Crippen LogP contribution in [0.1, 0.15) is 32.5 Å². The van der Waals surface area contributed by atoms with E-state index in [4.69, 9.17) is 0 Å². The van der Waals surface area contributed by atoms with Crippen LogP contribution in [0.25, 0.3) is 5.69 Å². The van der Waals surface area contributed by atoms with Crippen LogP contribution in [0.3, 0.4) is 0 Å². The molecule has 0 saturated heterocycles. The number of hydrogen-bond donors (Lipinski definition) is 2. The fourth-order valence-electron chi connectivity index (χ4n) is 3.19. The van der Waals surface area contributed by atoms with Crippen molar-refractivity contribution in [2.45, 2.75) is 18.6 Å². The van der Waals surface area contributed by atoms with E-state index in [9.17, 15) is 14.4 Å². The molecule has 0 radical (unpaired) electrons. The predicted octanol–water partition coefficient (Wildman–Crippen LogP) is 4.80. The van der Waals surface area contributed by atoms with E-state index >= 15 is 0 Å². The Hall–Kier alpha value is -3.69. The topological polar surface area (TPSA) is 93.1 Å². The van der Waals surface area contributed by atoms with Crippen LogP contribution in [0.2, 0.25) is 0 Å². The molecule has 0 aliphatic carbocycles.